The molecule has 0 unspecified atom stereocenters. The Balaban J connectivity index is 3.15. The Morgan fingerprint density at radius 2 is 2.23 bits per heavy atom. The van der Waals surface area contributed by atoms with Crippen LogP contribution in [0, 0.1) is 18.3 Å². The molecule has 0 aliphatic carbocycles. The van der Waals surface area contributed by atoms with Gasteiger partial charge in [-0.3, -0.25) is 0 Å². The zero-order valence-electron chi connectivity index (χ0n) is 7.08. The summed E-state index contributed by atoms with van der Waals surface area (Å²) in [6.45, 7) is 1.75. The first-order chi connectivity index (χ1) is 6.15. The van der Waals surface area contributed by atoms with Crippen molar-refractivity contribution in [2.24, 2.45) is 0 Å². The Labute approximate surface area is 81.7 Å². The van der Waals surface area contributed by atoms with Crippen LogP contribution in [-0.2, 0) is 0 Å². The second-order valence-electron chi connectivity index (χ2n) is 2.63. The smallest absolute Gasteiger partial charge is 0.137 e. The maximum Gasteiger partial charge on any atom is 0.137 e. The SMILES string of the molecule is Cc1cc(C=CC#N)cc(Cl)c1O. The Morgan fingerprint density at radius 3 is 2.77 bits per heavy atom. The number of phenolic OH excluding ortho intramolecular Hbond substituents is 1. The molecule has 0 saturated heterocycles. The van der Waals surface area contributed by atoms with Gasteiger partial charge in [0.05, 0.1) is 11.1 Å². The quantitative estimate of drug-likeness (QED) is 0.697. The minimum absolute atomic E-state index is 0.0933. The number of aromatic hydroxyl groups is 1. The summed E-state index contributed by atoms with van der Waals surface area (Å²) in [7, 11) is 0. The summed E-state index contributed by atoms with van der Waals surface area (Å²) in [5.41, 5.74) is 1.51. The fourth-order valence-corrected chi connectivity index (χ4v) is 1.27. The molecule has 13 heavy (non-hydrogen) atoms. The van der Waals surface area contributed by atoms with Crippen molar-refractivity contribution >= 4 is 17.7 Å². The monoisotopic (exact) mass is 193 g/mol. The molecule has 3 heteroatoms. The van der Waals surface area contributed by atoms with Crippen LogP contribution in [0.15, 0.2) is 18.2 Å². The van der Waals surface area contributed by atoms with Crippen LogP contribution in [0.3, 0.4) is 0 Å². The zero-order chi connectivity index (χ0) is 9.84. The number of hydrogen-bond donors (Lipinski definition) is 1. The van der Waals surface area contributed by atoms with Gasteiger partial charge in [0, 0.05) is 6.08 Å². The fourth-order valence-electron chi connectivity index (χ4n) is 0.993. The number of nitriles is 1. The molecule has 0 bridgehead atoms. The van der Waals surface area contributed by atoms with Crippen molar-refractivity contribution in [3.8, 4) is 11.8 Å². The molecule has 2 nitrogen and oxygen atoms in total. The molecule has 0 atom stereocenters. The first-order valence-corrected chi connectivity index (χ1v) is 4.08. The fraction of sp³-hybridized carbons (Fsp3) is 0.100. The third-order valence-corrected chi connectivity index (χ3v) is 1.91. The lowest BCUT2D eigenvalue weighted by Crippen LogP contribution is -1.79. The molecule has 1 rings (SSSR count). The first-order valence-electron chi connectivity index (χ1n) is 3.70. The van der Waals surface area contributed by atoms with Gasteiger partial charge in [0.1, 0.15) is 5.75 Å². The molecule has 0 aliphatic heterocycles. The van der Waals surface area contributed by atoms with Gasteiger partial charge in [0.2, 0.25) is 0 Å². The van der Waals surface area contributed by atoms with E-state index in [-0.39, 0.29) is 5.75 Å². The average Bonchev–Trinajstić information content (AvgIpc) is 2.10. The van der Waals surface area contributed by atoms with Crippen molar-refractivity contribution in [1.82, 2.24) is 0 Å². The van der Waals surface area contributed by atoms with Crippen molar-refractivity contribution in [3.63, 3.8) is 0 Å². The first kappa shape index (κ1) is 9.63. The minimum Gasteiger partial charge on any atom is -0.506 e. The minimum atomic E-state index is 0.0933. The molecule has 0 spiro atoms. The number of hydrogen-bond acceptors (Lipinski definition) is 2. The third-order valence-electron chi connectivity index (χ3n) is 1.63. The summed E-state index contributed by atoms with van der Waals surface area (Å²) in [4.78, 5) is 0. The van der Waals surface area contributed by atoms with Gasteiger partial charge in [-0.1, -0.05) is 11.6 Å². The molecule has 0 saturated carbocycles. The average molecular weight is 194 g/mol. The molecule has 0 aliphatic rings. The van der Waals surface area contributed by atoms with Crippen LogP contribution < -0.4 is 0 Å². The highest BCUT2D eigenvalue weighted by molar-refractivity contribution is 6.32. The van der Waals surface area contributed by atoms with Gasteiger partial charge < -0.3 is 5.11 Å². The largest absolute Gasteiger partial charge is 0.506 e. The van der Waals surface area contributed by atoms with E-state index in [2.05, 4.69) is 0 Å². The number of aryl methyl sites for hydroxylation is 1. The van der Waals surface area contributed by atoms with Crippen LogP contribution in [0.4, 0.5) is 0 Å². The molecule has 1 aromatic carbocycles. The number of rotatable bonds is 1. The van der Waals surface area contributed by atoms with Crippen molar-refractivity contribution in [3.05, 3.63) is 34.4 Å². The Morgan fingerprint density at radius 1 is 1.54 bits per heavy atom. The van der Waals surface area contributed by atoms with Crippen molar-refractivity contribution in [2.75, 3.05) is 0 Å². The van der Waals surface area contributed by atoms with E-state index in [1.165, 1.54) is 6.08 Å². The van der Waals surface area contributed by atoms with E-state index in [1.54, 1.807) is 25.1 Å². The van der Waals surface area contributed by atoms with Crippen molar-refractivity contribution in [1.29, 1.82) is 5.26 Å². The van der Waals surface area contributed by atoms with Crippen LogP contribution in [0.5, 0.6) is 5.75 Å². The van der Waals surface area contributed by atoms with Gasteiger partial charge in [-0.15, -0.1) is 0 Å². The van der Waals surface area contributed by atoms with Gasteiger partial charge in [-0.25, -0.2) is 0 Å². The Hall–Kier alpha value is -1.46. The second kappa shape index (κ2) is 3.97. The van der Waals surface area contributed by atoms with Gasteiger partial charge in [0.15, 0.2) is 0 Å². The standard InChI is InChI=1S/C10H8ClNO/c1-7-5-8(3-2-4-12)6-9(11)10(7)13/h2-3,5-6,13H,1H3. The Bertz CT molecular complexity index is 367. The third kappa shape index (κ3) is 2.24. The number of halogens is 1. The van der Waals surface area contributed by atoms with Crippen LogP contribution in [0.2, 0.25) is 5.02 Å². The molecule has 1 N–H and O–H groups in total. The summed E-state index contributed by atoms with van der Waals surface area (Å²) in [5.74, 6) is 0.0933. The van der Waals surface area contributed by atoms with Crippen LogP contribution in [0.1, 0.15) is 11.1 Å². The van der Waals surface area contributed by atoms with Gasteiger partial charge in [-0.05, 0) is 36.3 Å². The number of allylic oxidation sites excluding steroid dienone is 1. The Kier molecular flexibility index (Phi) is 2.94. The maximum atomic E-state index is 9.34. The van der Waals surface area contributed by atoms with Gasteiger partial charge >= 0.3 is 0 Å². The molecule has 0 heterocycles. The highest BCUT2D eigenvalue weighted by Gasteiger charge is 2.02. The lowest BCUT2D eigenvalue weighted by Gasteiger charge is -2.02. The van der Waals surface area contributed by atoms with Crippen LogP contribution in [0.25, 0.3) is 6.08 Å². The van der Waals surface area contributed by atoms with E-state index in [1.807, 2.05) is 6.07 Å². The van der Waals surface area contributed by atoms with Crippen LogP contribution in [-0.4, -0.2) is 5.11 Å². The maximum absolute atomic E-state index is 9.34. The predicted molar refractivity (Wildman–Crippen MR) is 52.5 cm³/mol. The van der Waals surface area contributed by atoms with E-state index >= 15 is 0 Å². The van der Waals surface area contributed by atoms with E-state index in [0.29, 0.717) is 10.6 Å². The highest BCUT2D eigenvalue weighted by atomic mass is 35.5. The molecule has 0 fully saturated rings. The lowest BCUT2D eigenvalue weighted by molar-refractivity contribution is 0.471. The molecular formula is C10H8ClNO. The van der Waals surface area contributed by atoms with E-state index in [9.17, 15) is 5.11 Å². The highest BCUT2D eigenvalue weighted by Crippen LogP contribution is 2.28. The molecule has 0 amide bonds. The summed E-state index contributed by atoms with van der Waals surface area (Å²) in [6.07, 6.45) is 3.00. The summed E-state index contributed by atoms with van der Waals surface area (Å²) in [6, 6.07) is 5.25. The van der Waals surface area contributed by atoms with E-state index in [0.717, 1.165) is 5.56 Å². The molecular weight excluding hydrogens is 186 g/mol. The molecule has 0 aromatic heterocycles. The van der Waals surface area contributed by atoms with E-state index < -0.39 is 0 Å². The van der Waals surface area contributed by atoms with Crippen molar-refractivity contribution < 1.29 is 5.11 Å². The van der Waals surface area contributed by atoms with Crippen molar-refractivity contribution in [2.45, 2.75) is 6.92 Å². The normalized spacial score (nSPS) is 10.2. The van der Waals surface area contributed by atoms with E-state index in [4.69, 9.17) is 16.9 Å². The summed E-state index contributed by atoms with van der Waals surface area (Å²) < 4.78 is 0. The number of nitrogens with zero attached hydrogens (tertiary/aromatic N) is 1. The predicted octanol–water partition coefficient (Wildman–Crippen LogP) is 2.89. The second-order valence-corrected chi connectivity index (χ2v) is 3.04. The zero-order valence-corrected chi connectivity index (χ0v) is 7.84. The van der Waals surface area contributed by atoms with Crippen LogP contribution >= 0.6 is 11.6 Å². The summed E-state index contributed by atoms with van der Waals surface area (Å²) in [5, 5.41) is 17.9. The van der Waals surface area contributed by atoms with Gasteiger partial charge in [0.25, 0.3) is 0 Å². The van der Waals surface area contributed by atoms with Gasteiger partial charge in [-0.2, -0.15) is 5.26 Å². The summed E-state index contributed by atoms with van der Waals surface area (Å²) >= 11 is 5.73. The number of benzene rings is 1. The molecule has 1 aromatic rings. The lowest BCUT2D eigenvalue weighted by atomic mass is 10.1. The molecule has 0 radical (unpaired) electrons. The molecule has 66 valence electrons. The topological polar surface area (TPSA) is 44.0 Å². The number of phenols is 1.